The Bertz CT molecular complexity index is 322. The number of rotatable bonds is 5. The number of quaternary nitrogens is 1. The summed E-state index contributed by atoms with van der Waals surface area (Å²) in [7, 11) is 1.93. The minimum atomic E-state index is 0. The molecule has 1 aliphatic rings. The van der Waals surface area contributed by atoms with Gasteiger partial charge in [-0.25, -0.2) is 0 Å². The number of ether oxygens (including phenoxy) is 1. The summed E-state index contributed by atoms with van der Waals surface area (Å²) in [6.07, 6.45) is 6.17. The van der Waals surface area contributed by atoms with Gasteiger partial charge in [-0.3, -0.25) is 4.90 Å². The Balaban J connectivity index is 0.00000256. The van der Waals surface area contributed by atoms with Crippen LogP contribution in [0.5, 0.6) is 0 Å². The third kappa shape index (κ3) is 5.09. The van der Waals surface area contributed by atoms with Gasteiger partial charge in [-0.15, -0.1) is 11.8 Å². The van der Waals surface area contributed by atoms with E-state index in [1.807, 2.05) is 31.3 Å². The van der Waals surface area contributed by atoms with E-state index in [1.165, 1.54) is 6.21 Å². The fourth-order valence-corrected chi connectivity index (χ4v) is 1.50. The molecular formula is C11H18ClN3O2. The number of halogens is 1. The van der Waals surface area contributed by atoms with E-state index in [0.717, 1.165) is 11.3 Å². The van der Waals surface area contributed by atoms with Crippen LogP contribution < -0.4 is 17.3 Å². The minimum absolute atomic E-state index is 0. The second-order valence-corrected chi connectivity index (χ2v) is 3.49. The van der Waals surface area contributed by atoms with Crippen molar-refractivity contribution >= 4 is 6.21 Å². The first kappa shape index (κ1) is 15.8. The molecule has 1 aliphatic heterocycles. The quantitative estimate of drug-likeness (QED) is 0.177. The summed E-state index contributed by atoms with van der Waals surface area (Å²) in [5.41, 5.74) is 0. The minimum Gasteiger partial charge on any atom is -1.00 e. The molecule has 17 heavy (non-hydrogen) atoms. The molecule has 0 fully saturated rings. The predicted molar refractivity (Wildman–Crippen MR) is 60.8 cm³/mol. The Hall–Kier alpha value is -1.22. The van der Waals surface area contributed by atoms with E-state index < -0.39 is 0 Å². The highest BCUT2D eigenvalue weighted by Crippen LogP contribution is 1.93. The van der Waals surface area contributed by atoms with Crippen molar-refractivity contribution in [2.75, 3.05) is 20.4 Å². The zero-order chi connectivity index (χ0) is 11.8. The van der Waals surface area contributed by atoms with Crippen molar-refractivity contribution in [2.24, 2.45) is 5.16 Å². The van der Waals surface area contributed by atoms with E-state index >= 15 is 0 Å². The van der Waals surface area contributed by atoms with E-state index in [1.54, 1.807) is 0 Å². The Labute approximate surface area is 108 Å². The van der Waals surface area contributed by atoms with Gasteiger partial charge in [-0.1, -0.05) is 5.16 Å². The van der Waals surface area contributed by atoms with Crippen molar-refractivity contribution < 1.29 is 27.3 Å². The van der Waals surface area contributed by atoms with Crippen molar-refractivity contribution in [3.8, 4) is 11.8 Å². The molecule has 96 valence electrons. The van der Waals surface area contributed by atoms with Crippen LogP contribution in [0.2, 0.25) is 0 Å². The molecule has 2 unspecified atom stereocenters. The van der Waals surface area contributed by atoms with E-state index in [9.17, 15) is 0 Å². The first-order chi connectivity index (χ1) is 7.79. The Kier molecular flexibility index (Phi) is 8.24. The average Bonchev–Trinajstić information content (AvgIpc) is 2.62. The van der Waals surface area contributed by atoms with Crippen LogP contribution in [-0.4, -0.2) is 42.9 Å². The normalized spacial score (nSPS) is 22.4. The summed E-state index contributed by atoms with van der Waals surface area (Å²) in [5, 5.41) is 11.6. The Morgan fingerprint density at radius 2 is 2.41 bits per heavy atom. The molecule has 0 saturated heterocycles. The lowest BCUT2D eigenvalue weighted by Crippen LogP contribution is -3.12. The van der Waals surface area contributed by atoms with Gasteiger partial charge in [0, 0.05) is 13.5 Å². The van der Waals surface area contributed by atoms with Crippen molar-refractivity contribution in [3.63, 3.8) is 0 Å². The summed E-state index contributed by atoms with van der Waals surface area (Å²) >= 11 is 0. The van der Waals surface area contributed by atoms with Crippen molar-refractivity contribution in [1.29, 1.82) is 0 Å². The van der Waals surface area contributed by atoms with Gasteiger partial charge in [-0.2, -0.15) is 0 Å². The average molecular weight is 260 g/mol. The second-order valence-electron chi connectivity index (χ2n) is 3.49. The number of hydrogen-bond acceptors (Lipinski definition) is 4. The van der Waals surface area contributed by atoms with Gasteiger partial charge in [-0.05, 0) is 6.92 Å². The van der Waals surface area contributed by atoms with Crippen LogP contribution in [0, 0.1) is 11.8 Å². The van der Waals surface area contributed by atoms with E-state index in [2.05, 4.69) is 17.0 Å². The van der Waals surface area contributed by atoms with Crippen molar-refractivity contribution in [2.45, 2.75) is 19.5 Å². The molecule has 0 aromatic rings. The maximum atomic E-state index is 8.55. The van der Waals surface area contributed by atoms with Crippen LogP contribution in [0.15, 0.2) is 17.6 Å². The predicted octanol–water partition coefficient (Wildman–Crippen LogP) is -3.53. The number of oxime groups is 1. The monoisotopic (exact) mass is 259 g/mol. The first-order valence-electron chi connectivity index (χ1n) is 5.20. The molecule has 0 aliphatic carbocycles. The molecule has 2 atom stereocenters. The lowest BCUT2D eigenvalue weighted by molar-refractivity contribution is -0.885. The number of hydrogen-bond donors (Lipinski definition) is 2. The standard InChI is InChI=1S/C11H17N3O2.ClH/c1-3-4-5-8-16-10-14-7-6-13(2)11(14)9-12-15;/h6-7,9,11,15H,5,8,10H2,1-2H3;1H/b12-9-;. The van der Waals surface area contributed by atoms with Gasteiger partial charge in [0.05, 0.1) is 12.8 Å². The third-order valence-corrected chi connectivity index (χ3v) is 2.37. The van der Waals surface area contributed by atoms with E-state index in [4.69, 9.17) is 9.94 Å². The molecule has 0 aromatic heterocycles. The Morgan fingerprint density at radius 1 is 1.65 bits per heavy atom. The van der Waals surface area contributed by atoms with Gasteiger partial charge in [0.25, 0.3) is 0 Å². The van der Waals surface area contributed by atoms with Crippen LogP contribution in [-0.2, 0) is 4.74 Å². The van der Waals surface area contributed by atoms with Crippen LogP contribution in [0.4, 0.5) is 0 Å². The summed E-state index contributed by atoms with van der Waals surface area (Å²) in [6.45, 7) is 2.99. The maximum absolute atomic E-state index is 8.55. The summed E-state index contributed by atoms with van der Waals surface area (Å²) in [5.74, 6) is 5.76. The van der Waals surface area contributed by atoms with E-state index in [-0.39, 0.29) is 18.6 Å². The molecule has 6 heteroatoms. The summed E-state index contributed by atoms with van der Waals surface area (Å²) in [6, 6.07) is 0. The molecule has 0 aromatic carbocycles. The fourth-order valence-electron chi connectivity index (χ4n) is 1.50. The first-order valence-corrected chi connectivity index (χ1v) is 5.20. The van der Waals surface area contributed by atoms with Crippen LogP contribution >= 0.6 is 0 Å². The summed E-state index contributed by atoms with van der Waals surface area (Å²) < 4.78 is 5.48. The fraction of sp³-hybridized carbons (Fsp3) is 0.545. The highest BCUT2D eigenvalue weighted by Gasteiger charge is 2.27. The molecular weight excluding hydrogens is 242 g/mol. The van der Waals surface area contributed by atoms with Crippen molar-refractivity contribution in [1.82, 2.24) is 4.90 Å². The molecule has 0 saturated carbocycles. The maximum Gasteiger partial charge on any atom is 0.209 e. The highest BCUT2D eigenvalue weighted by atomic mass is 35.5. The molecule has 1 heterocycles. The third-order valence-electron chi connectivity index (χ3n) is 2.37. The molecule has 5 nitrogen and oxygen atoms in total. The van der Waals surface area contributed by atoms with Crippen molar-refractivity contribution in [3.05, 3.63) is 12.4 Å². The van der Waals surface area contributed by atoms with Crippen LogP contribution in [0.1, 0.15) is 13.3 Å². The highest BCUT2D eigenvalue weighted by molar-refractivity contribution is 5.61. The van der Waals surface area contributed by atoms with E-state index in [0.29, 0.717) is 13.3 Å². The molecule has 0 radical (unpaired) electrons. The lowest BCUT2D eigenvalue weighted by Gasteiger charge is -2.21. The van der Waals surface area contributed by atoms with Crippen LogP contribution in [0.25, 0.3) is 0 Å². The second kappa shape index (κ2) is 8.88. The molecule has 2 N–H and O–H groups in total. The van der Waals surface area contributed by atoms with Gasteiger partial charge in [0.15, 0.2) is 6.73 Å². The molecule has 0 spiro atoms. The molecule has 0 bridgehead atoms. The van der Waals surface area contributed by atoms with Gasteiger partial charge >= 0.3 is 0 Å². The van der Waals surface area contributed by atoms with Gasteiger partial charge < -0.3 is 27.3 Å². The Morgan fingerprint density at radius 3 is 3.06 bits per heavy atom. The number of nitrogens with one attached hydrogen (secondary N) is 1. The SMILES string of the molecule is CC#CCCOC[NH+]1C=CN(C)C1/C=N\O.[Cl-]. The topological polar surface area (TPSA) is 49.5 Å². The zero-order valence-electron chi connectivity index (χ0n) is 10.1. The van der Waals surface area contributed by atoms with Gasteiger partial charge in [0.1, 0.15) is 12.4 Å². The zero-order valence-corrected chi connectivity index (χ0v) is 10.8. The molecule has 1 rings (SSSR count). The summed E-state index contributed by atoms with van der Waals surface area (Å²) in [4.78, 5) is 3.05. The number of nitrogens with zero attached hydrogens (tertiary/aromatic N) is 2. The van der Waals surface area contributed by atoms with Gasteiger partial charge in [0.2, 0.25) is 6.17 Å². The smallest absolute Gasteiger partial charge is 0.209 e. The largest absolute Gasteiger partial charge is 1.00 e. The van der Waals surface area contributed by atoms with Crippen LogP contribution in [0.3, 0.4) is 0 Å². The lowest BCUT2D eigenvalue weighted by atomic mass is 10.4. The molecule has 0 amide bonds.